The number of carbonyl (C=O) groups is 1. The average molecular weight is 326 g/mol. The van der Waals surface area contributed by atoms with E-state index in [9.17, 15) is 4.79 Å². The van der Waals surface area contributed by atoms with Gasteiger partial charge in [-0.1, -0.05) is 0 Å². The average Bonchev–Trinajstić information content (AvgIpc) is 3.18. The van der Waals surface area contributed by atoms with Gasteiger partial charge < -0.3 is 19.8 Å². The molecule has 0 saturated heterocycles. The van der Waals surface area contributed by atoms with Gasteiger partial charge in [0.25, 0.3) is 0 Å². The van der Waals surface area contributed by atoms with Crippen molar-refractivity contribution in [2.45, 2.75) is 19.4 Å². The van der Waals surface area contributed by atoms with Gasteiger partial charge in [0, 0.05) is 12.8 Å². The van der Waals surface area contributed by atoms with Crippen LogP contribution in [0.25, 0.3) is 11.1 Å². The summed E-state index contributed by atoms with van der Waals surface area (Å²) in [5.74, 6) is 1.25. The molecule has 1 heterocycles. The number of benzene rings is 1. The maximum atomic E-state index is 11.8. The largest absolute Gasteiger partial charge is 0.438 e. The minimum absolute atomic E-state index is 0. The molecular formula is C15H20ClN3O3. The molecule has 1 aliphatic rings. The highest BCUT2D eigenvalue weighted by atomic mass is 35.5. The van der Waals surface area contributed by atoms with Gasteiger partial charge in [0.1, 0.15) is 12.1 Å². The zero-order valence-corrected chi connectivity index (χ0v) is 13.2. The molecule has 120 valence electrons. The second-order valence-corrected chi connectivity index (χ2v) is 5.35. The Balaban J connectivity index is 0.00000176. The van der Waals surface area contributed by atoms with Gasteiger partial charge in [-0.2, -0.15) is 0 Å². The lowest BCUT2D eigenvalue weighted by atomic mass is 10.3. The van der Waals surface area contributed by atoms with Crippen molar-refractivity contribution in [2.75, 3.05) is 25.5 Å². The molecule has 7 heteroatoms. The van der Waals surface area contributed by atoms with E-state index >= 15 is 0 Å². The standard InChI is InChI=1S/C15H19N3O3.ClH/c1-20-9-15-18-12-6-11(4-5-13(12)21-15)17-14(19)8-16-7-10-2-3-10;/h4-6,10,16H,2-3,7-9H2,1H3,(H,17,19);1H. The number of aromatic nitrogens is 1. The molecule has 0 atom stereocenters. The van der Waals surface area contributed by atoms with Crippen LogP contribution >= 0.6 is 12.4 Å². The summed E-state index contributed by atoms with van der Waals surface area (Å²) in [6, 6.07) is 5.41. The number of fused-ring (bicyclic) bond motifs is 1. The number of ether oxygens (including phenoxy) is 1. The van der Waals surface area contributed by atoms with E-state index in [0.29, 0.717) is 30.1 Å². The lowest BCUT2D eigenvalue weighted by Gasteiger charge is -2.05. The van der Waals surface area contributed by atoms with Gasteiger partial charge in [-0.3, -0.25) is 4.79 Å². The van der Waals surface area contributed by atoms with E-state index in [2.05, 4.69) is 15.6 Å². The lowest BCUT2D eigenvalue weighted by molar-refractivity contribution is -0.115. The summed E-state index contributed by atoms with van der Waals surface area (Å²) in [5.41, 5.74) is 2.12. The van der Waals surface area contributed by atoms with Crippen LogP contribution in [0.4, 0.5) is 5.69 Å². The Morgan fingerprint density at radius 2 is 2.27 bits per heavy atom. The third-order valence-electron chi connectivity index (χ3n) is 3.40. The quantitative estimate of drug-likeness (QED) is 0.817. The molecule has 1 fully saturated rings. The summed E-state index contributed by atoms with van der Waals surface area (Å²) >= 11 is 0. The summed E-state index contributed by atoms with van der Waals surface area (Å²) in [4.78, 5) is 16.1. The first-order valence-electron chi connectivity index (χ1n) is 7.13. The summed E-state index contributed by atoms with van der Waals surface area (Å²) in [5, 5.41) is 6.02. The number of methoxy groups -OCH3 is 1. The van der Waals surface area contributed by atoms with Crippen LogP contribution < -0.4 is 10.6 Å². The van der Waals surface area contributed by atoms with Gasteiger partial charge >= 0.3 is 0 Å². The number of halogens is 1. The third kappa shape index (κ3) is 4.43. The Bertz CT molecular complexity index is 640. The highest BCUT2D eigenvalue weighted by Gasteiger charge is 2.20. The molecule has 1 saturated carbocycles. The summed E-state index contributed by atoms with van der Waals surface area (Å²) in [6.07, 6.45) is 2.56. The van der Waals surface area contributed by atoms with E-state index in [-0.39, 0.29) is 18.3 Å². The number of carbonyl (C=O) groups excluding carboxylic acids is 1. The number of nitrogens with zero attached hydrogens (tertiary/aromatic N) is 1. The molecule has 0 aliphatic heterocycles. The van der Waals surface area contributed by atoms with Gasteiger partial charge in [-0.15, -0.1) is 12.4 Å². The zero-order chi connectivity index (χ0) is 14.7. The molecule has 6 nitrogen and oxygen atoms in total. The molecule has 0 unspecified atom stereocenters. The summed E-state index contributed by atoms with van der Waals surface area (Å²) in [6.45, 7) is 1.60. The van der Waals surface area contributed by atoms with Crippen LogP contribution in [0, 0.1) is 5.92 Å². The van der Waals surface area contributed by atoms with Gasteiger partial charge in [-0.05, 0) is 43.5 Å². The monoisotopic (exact) mass is 325 g/mol. The first-order valence-corrected chi connectivity index (χ1v) is 7.13. The highest BCUT2D eigenvalue weighted by molar-refractivity contribution is 5.94. The maximum absolute atomic E-state index is 11.8. The Hall–Kier alpha value is -1.63. The predicted molar refractivity (Wildman–Crippen MR) is 86.2 cm³/mol. The van der Waals surface area contributed by atoms with E-state index < -0.39 is 0 Å². The SMILES string of the molecule is COCc1nc2cc(NC(=O)CNCC3CC3)ccc2o1.Cl. The van der Waals surface area contributed by atoms with Gasteiger partial charge in [0.2, 0.25) is 11.8 Å². The second kappa shape index (κ2) is 7.58. The van der Waals surface area contributed by atoms with Crippen molar-refractivity contribution in [3.8, 4) is 0 Å². The molecule has 1 amide bonds. The first kappa shape index (κ1) is 16.7. The van der Waals surface area contributed by atoms with Crippen molar-refractivity contribution in [3.05, 3.63) is 24.1 Å². The number of nitrogens with one attached hydrogen (secondary N) is 2. The van der Waals surface area contributed by atoms with Crippen LogP contribution in [0.2, 0.25) is 0 Å². The Kier molecular flexibility index (Phi) is 5.76. The van der Waals surface area contributed by atoms with Gasteiger partial charge in [-0.25, -0.2) is 4.98 Å². The molecule has 0 radical (unpaired) electrons. The molecule has 22 heavy (non-hydrogen) atoms. The fourth-order valence-electron chi connectivity index (χ4n) is 2.16. The molecule has 1 aromatic carbocycles. The van der Waals surface area contributed by atoms with Crippen molar-refractivity contribution >= 4 is 35.1 Å². The van der Waals surface area contributed by atoms with Crippen LogP contribution in [0.5, 0.6) is 0 Å². The van der Waals surface area contributed by atoms with Crippen LogP contribution in [0.3, 0.4) is 0 Å². The number of rotatable bonds is 7. The Morgan fingerprint density at radius 1 is 1.45 bits per heavy atom. The zero-order valence-electron chi connectivity index (χ0n) is 12.4. The van der Waals surface area contributed by atoms with Crippen LogP contribution in [-0.4, -0.2) is 31.1 Å². The van der Waals surface area contributed by atoms with E-state index in [0.717, 1.165) is 18.2 Å². The smallest absolute Gasteiger partial charge is 0.238 e. The molecule has 0 spiro atoms. The highest BCUT2D eigenvalue weighted by Crippen LogP contribution is 2.27. The fourth-order valence-corrected chi connectivity index (χ4v) is 2.16. The number of anilines is 1. The molecule has 1 aliphatic carbocycles. The molecule has 2 aromatic rings. The summed E-state index contributed by atoms with van der Waals surface area (Å²) < 4.78 is 10.5. The lowest BCUT2D eigenvalue weighted by Crippen LogP contribution is -2.29. The Labute approximate surface area is 135 Å². The van der Waals surface area contributed by atoms with Crippen molar-refractivity contribution in [1.82, 2.24) is 10.3 Å². The van der Waals surface area contributed by atoms with Crippen molar-refractivity contribution in [2.24, 2.45) is 5.92 Å². The third-order valence-corrected chi connectivity index (χ3v) is 3.40. The minimum atomic E-state index is -0.0457. The van der Waals surface area contributed by atoms with E-state index in [1.165, 1.54) is 12.8 Å². The van der Waals surface area contributed by atoms with Crippen LogP contribution in [0.1, 0.15) is 18.7 Å². The van der Waals surface area contributed by atoms with Gasteiger partial charge in [0.15, 0.2) is 5.58 Å². The molecule has 0 bridgehead atoms. The van der Waals surface area contributed by atoms with Crippen molar-refractivity contribution in [3.63, 3.8) is 0 Å². The fraction of sp³-hybridized carbons (Fsp3) is 0.467. The molecule has 1 aromatic heterocycles. The Morgan fingerprint density at radius 3 is 3.00 bits per heavy atom. The van der Waals surface area contributed by atoms with Crippen LogP contribution in [-0.2, 0) is 16.1 Å². The normalized spacial score (nSPS) is 13.9. The topological polar surface area (TPSA) is 76.4 Å². The predicted octanol–water partition coefficient (Wildman–Crippen LogP) is 2.33. The van der Waals surface area contributed by atoms with Crippen LogP contribution in [0.15, 0.2) is 22.6 Å². The first-order chi connectivity index (χ1) is 10.2. The van der Waals surface area contributed by atoms with Gasteiger partial charge in [0.05, 0.1) is 6.54 Å². The van der Waals surface area contributed by atoms with E-state index in [4.69, 9.17) is 9.15 Å². The molecule has 3 rings (SSSR count). The van der Waals surface area contributed by atoms with Crippen molar-refractivity contribution in [1.29, 1.82) is 0 Å². The number of amides is 1. The number of oxazole rings is 1. The van der Waals surface area contributed by atoms with E-state index in [1.54, 1.807) is 19.2 Å². The molecule has 2 N–H and O–H groups in total. The molecular weight excluding hydrogens is 306 g/mol. The van der Waals surface area contributed by atoms with Crippen molar-refractivity contribution < 1.29 is 13.9 Å². The number of hydrogen-bond donors (Lipinski definition) is 2. The van der Waals surface area contributed by atoms with E-state index in [1.807, 2.05) is 6.07 Å². The minimum Gasteiger partial charge on any atom is -0.438 e. The maximum Gasteiger partial charge on any atom is 0.238 e. The number of hydrogen-bond acceptors (Lipinski definition) is 5. The second-order valence-electron chi connectivity index (χ2n) is 5.35. The summed E-state index contributed by atoms with van der Waals surface area (Å²) in [7, 11) is 1.59.